The molecule has 0 spiro atoms. The zero-order chi connectivity index (χ0) is 19.4. The number of phosphoric acid groups is 1. The third-order valence-electron chi connectivity index (χ3n) is 3.18. The number of phosphoric ester groups is 1. The van der Waals surface area contributed by atoms with Crippen LogP contribution in [-0.2, 0) is 4.57 Å². The van der Waals surface area contributed by atoms with Crippen LogP contribution in [0.25, 0.3) is 0 Å². The van der Waals surface area contributed by atoms with Crippen molar-refractivity contribution in [2.75, 3.05) is 0 Å². The molecule has 27 heavy (non-hydrogen) atoms. The van der Waals surface area contributed by atoms with Crippen molar-refractivity contribution in [2.24, 2.45) is 0 Å². The Labute approximate surface area is 151 Å². The zero-order valence-electron chi connectivity index (χ0n) is 13.4. The van der Waals surface area contributed by atoms with Crippen molar-refractivity contribution < 1.29 is 35.7 Å². The van der Waals surface area contributed by atoms with Gasteiger partial charge in [0.25, 0.3) is 0 Å². The topological polar surface area (TPSA) is 44.8 Å². The molecule has 0 aromatic heterocycles. The van der Waals surface area contributed by atoms with Gasteiger partial charge in [-0.1, -0.05) is 18.2 Å². The Bertz CT molecular complexity index is 940. The van der Waals surface area contributed by atoms with Gasteiger partial charge in [0.1, 0.15) is 17.2 Å². The molecule has 3 rings (SSSR count). The maximum atomic E-state index is 13.4. The van der Waals surface area contributed by atoms with Crippen LogP contribution in [0.2, 0.25) is 0 Å². The van der Waals surface area contributed by atoms with Crippen LogP contribution < -0.4 is 13.6 Å². The van der Waals surface area contributed by atoms with Crippen LogP contribution in [0, 0.1) is 23.3 Å². The summed E-state index contributed by atoms with van der Waals surface area (Å²) in [6, 6.07) is 12.5. The zero-order valence-corrected chi connectivity index (χ0v) is 14.3. The molecule has 0 bridgehead atoms. The molecule has 0 aliphatic carbocycles. The van der Waals surface area contributed by atoms with Crippen molar-refractivity contribution in [3.05, 3.63) is 90.0 Å². The molecule has 9 heteroatoms. The number of hydrogen-bond acceptors (Lipinski definition) is 4. The summed E-state index contributed by atoms with van der Waals surface area (Å²) in [6.07, 6.45) is 0. The molecule has 0 fully saturated rings. The summed E-state index contributed by atoms with van der Waals surface area (Å²) in [5, 5.41) is 0. The number of benzene rings is 3. The average molecular weight is 398 g/mol. The number of halogens is 4. The van der Waals surface area contributed by atoms with Crippen molar-refractivity contribution in [2.45, 2.75) is 0 Å². The first kappa shape index (κ1) is 18.8. The van der Waals surface area contributed by atoms with Crippen molar-refractivity contribution in [1.82, 2.24) is 0 Å². The van der Waals surface area contributed by atoms with Crippen LogP contribution in [0.4, 0.5) is 17.6 Å². The molecule has 0 amide bonds. The highest BCUT2D eigenvalue weighted by Crippen LogP contribution is 2.49. The van der Waals surface area contributed by atoms with Gasteiger partial charge in [-0.2, -0.15) is 4.57 Å². The summed E-state index contributed by atoms with van der Waals surface area (Å²) >= 11 is 0. The third-order valence-corrected chi connectivity index (χ3v) is 4.48. The molecule has 3 aromatic rings. The highest BCUT2D eigenvalue weighted by molar-refractivity contribution is 7.49. The van der Waals surface area contributed by atoms with E-state index >= 15 is 0 Å². The first-order valence-electron chi connectivity index (χ1n) is 7.49. The van der Waals surface area contributed by atoms with Crippen LogP contribution >= 0.6 is 7.82 Å². The van der Waals surface area contributed by atoms with E-state index in [0.717, 1.165) is 24.3 Å². The Morgan fingerprint density at radius 3 is 1.44 bits per heavy atom. The molecule has 140 valence electrons. The lowest BCUT2D eigenvalue weighted by molar-refractivity contribution is 0.296. The van der Waals surface area contributed by atoms with E-state index in [0.29, 0.717) is 12.1 Å². The lowest BCUT2D eigenvalue weighted by atomic mass is 10.3. The maximum absolute atomic E-state index is 13.4. The quantitative estimate of drug-likeness (QED) is 0.384. The minimum Gasteiger partial charge on any atom is -0.386 e. The van der Waals surface area contributed by atoms with E-state index in [1.54, 1.807) is 18.2 Å². The predicted molar refractivity (Wildman–Crippen MR) is 88.6 cm³/mol. The standard InChI is InChI=1S/C18H11F4O4P/c19-15-8-6-13(10-17(15)21)25-27(23,24-12-4-2-1-3-5-12)26-14-7-9-16(20)18(22)11-14/h1-11H. The van der Waals surface area contributed by atoms with E-state index in [1.165, 1.54) is 12.1 Å². The molecule has 3 aromatic carbocycles. The Morgan fingerprint density at radius 1 is 0.556 bits per heavy atom. The summed E-state index contributed by atoms with van der Waals surface area (Å²) < 4.78 is 81.4. The normalized spacial score (nSPS) is 11.1. The molecular formula is C18H11F4O4P. The van der Waals surface area contributed by atoms with Gasteiger partial charge in [0.05, 0.1) is 0 Å². The number of hydrogen-bond donors (Lipinski definition) is 0. The summed E-state index contributed by atoms with van der Waals surface area (Å²) in [6.45, 7) is 0. The highest BCUT2D eigenvalue weighted by atomic mass is 31.2. The van der Waals surface area contributed by atoms with E-state index in [-0.39, 0.29) is 17.2 Å². The summed E-state index contributed by atoms with van der Waals surface area (Å²) in [5.41, 5.74) is 0. The summed E-state index contributed by atoms with van der Waals surface area (Å²) in [7, 11) is -4.53. The number of rotatable bonds is 6. The number of para-hydroxylation sites is 1. The second-order valence-electron chi connectivity index (χ2n) is 5.19. The highest BCUT2D eigenvalue weighted by Gasteiger charge is 2.33. The van der Waals surface area contributed by atoms with Crippen LogP contribution in [0.3, 0.4) is 0 Å². The van der Waals surface area contributed by atoms with E-state index in [1.807, 2.05) is 0 Å². The van der Waals surface area contributed by atoms with Crippen LogP contribution in [0.15, 0.2) is 66.7 Å². The Balaban J connectivity index is 1.93. The fourth-order valence-corrected chi connectivity index (χ4v) is 3.23. The molecule has 0 saturated heterocycles. The van der Waals surface area contributed by atoms with Gasteiger partial charge in [0.15, 0.2) is 23.3 Å². The smallest absolute Gasteiger partial charge is 0.386 e. The van der Waals surface area contributed by atoms with E-state index < -0.39 is 31.1 Å². The van der Waals surface area contributed by atoms with Crippen LogP contribution in [-0.4, -0.2) is 0 Å². The summed E-state index contributed by atoms with van der Waals surface area (Å²) in [5.74, 6) is -5.39. The molecule has 0 heterocycles. The maximum Gasteiger partial charge on any atom is 0.647 e. The monoisotopic (exact) mass is 398 g/mol. The van der Waals surface area contributed by atoms with Gasteiger partial charge in [-0.15, -0.1) is 0 Å². The fraction of sp³-hybridized carbons (Fsp3) is 0. The Morgan fingerprint density at radius 2 is 1.00 bits per heavy atom. The third kappa shape index (κ3) is 4.80. The molecule has 0 aliphatic heterocycles. The first-order chi connectivity index (χ1) is 12.8. The van der Waals surface area contributed by atoms with E-state index in [4.69, 9.17) is 13.6 Å². The molecule has 0 N–H and O–H groups in total. The lowest BCUT2D eigenvalue weighted by Gasteiger charge is -2.19. The SMILES string of the molecule is O=P(Oc1ccccc1)(Oc1ccc(F)c(F)c1)Oc1ccc(F)c(F)c1. The second kappa shape index (κ2) is 7.72. The van der Waals surface area contributed by atoms with Gasteiger partial charge in [-0.25, -0.2) is 17.6 Å². The van der Waals surface area contributed by atoms with Crippen molar-refractivity contribution in [3.63, 3.8) is 0 Å². The van der Waals surface area contributed by atoms with Gasteiger partial charge in [-0.05, 0) is 36.4 Å². The molecule has 4 nitrogen and oxygen atoms in total. The van der Waals surface area contributed by atoms with Gasteiger partial charge in [0.2, 0.25) is 0 Å². The van der Waals surface area contributed by atoms with Gasteiger partial charge < -0.3 is 13.6 Å². The van der Waals surface area contributed by atoms with Crippen LogP contribution in [0.5, 0.6) is 17.2 Å². The largest absolute Gasteiger partial charge is 0.647 e. The lowest BCUT2D eigenvalue weighted by Crippen LogP contribution is -2.08. The Hall–Kier alpha value is -2.99. The molecular weight excluding hydrogens is 387 g/mol. The van der Waals surface area contributed by atoms with E-state index in [2.05, 4.69) is 0 Å². The average Bonchev–Trinajstić information content (AvgIpc) is 2.62. The second-order valence-corrected chi connectivity index (χ2v) is 6.63. The minimum atomic E-state index is -4.53. The Kier molecular flexibility index (Phi) is 5.37. The summed E-state index contributed by atoms with van der Waals surface area (Å²) in [4.78, 5) is 0. The van der Waals surface area contributed by atoms with Gasteiger partial charge in [0, 0.05) is 12.1 Å². The van der Waals surface area contributed by atoms with E-state index in [9.17, 15) is 22.1 Å². The molecule has 0 saturated carbocycles. The fourth-order valence-electron chi connectivity index (χ4n) is 1.99. The van der Waals surface area contributed by atoms with Crippen molar-refractivity contribution in [1.29, 1.82) is 0 Å². The molecule has 0 unspecified atom stereocenters. The molecule has 0 aliphatic rings. The van der Waals surface area contributed by atoms with Gasteiger partial charge >= 0.3 is 7.82 Å². The molecule has 0 atom stereocenters. The van der Waals surface area contributed by atoms with Crippen molar-refractivity contribution in [3.8, 4) is 17.2 Å². The molecule has 0 radical (unpaired) electrons. The van der Waals surface area contributed by atoms with Crippen LogP contribution in [0.1, 0.15) is 0 Å². The predicted octanol–water partition coefficient (Wildman–Crippen LogP) is 5.89. The van der Waals surface area contributed by atoms with Gasteiger partial charge in [-0.3, -0.25) is 0 Å². The minimum absolute atomic E-state index is 0.0750. The first-order valence-corrected chi connectivity index (χ1v) is 8.95. The van der Waals surface area contributed by atoms with Crippen molar-refractivity contribution >= 4 is 7.82 Å².